The minimum absolute atomic E-state index is 0.107. The van der Waals surface area contributed by atoms with Crippen LogP contribution >= 0.6 is 11.6 Å². The lowest BCUT2D eigenvalue weighted by molar-refractivity contribution is 0.628. The number of unbranched alkanes of at least 4 members (excludes halogenated alkanes) is 1. The highest BCUT2D eigenvalue weighted by Gasteiger charge is 1.99. The second-order valence-electron chi connectivity index (χ2n) is 2.82. The van der Waals surface area contributed by atoms with Crippen LogP contribution in [0.15, 0.2) is 18.2 Å². The van der Waals surface area contributed by atoms with Gasteiger partial charge in [0.1, 0.15) is 5.82 Å². The van der Waals surface area contributed by atoms with Gasteiger partial charge in [-0.15, -0.1) is 0 Å². The molecule has 1 N–H and O–H groups in total. The molecule has 1 rings (SSSR count). The highest BCUT2D eigenvalue weighted by atomic mass is 35.5. The SMILES string of the molecule is N#CCCCNc1ccc(F)c(Cl)c1. The zero-order valence-electron chi connectivity index (χ0n) is 7.56. The van der Waals surface area contributed by atoms with Gasteiger partial charge >= 0.3 is 0 Å². The third-order valence-corrected chi connectivity index (χ3v) is 2.00. The van der Waals surface area contributed by atoms with Crippen LogP contribution in [0.1, 0.15) is 12.8 Å². The Morgan fingerprint density at radius 3 is 2.93 bits per heavy atom. The summed E-state index contributed by atoms with van der Waals surface area (Å²) in [5.74, 6) is -0.422. The van der Waals surface area contributed by atoms with Crippen LogP contribution in [-0.2, 0) is 0 Å². The van der Waals surface area contributed by atoms with Crippen LogP contribution in [0.4, 0.5) is 10.1 Å². The zero-order chi connectivity index (χ0) is 10.4. The molecule has 0 saturated heterocycles. The van der Waals surface area contributed by atoms with E-state index in [0.717, 1.165) is 12.1 Å². The smallest absolute Gasteiger partial charge is 0.141 e. The number of nitrogens with one attached hydrogen (secondary N) is 1. The predicted octanol–water partition coefficient (Wildman–Crippen LogP) is 3.19. The Kier molecular flexibility index (Phi) is 4.21. The molecule has 0 aromatic heterocycles. The first-order valence-corrected chi connectivity index (χ1v) is 4.67. The molecule has 0 aliphatic heterocycles. The fourth-order valence-electron chi connectivity index (χ4n) is 1.01. The number of anilines is 1. The van der Waals surface area contributed by atoms with Gasteiger partial charge in [-0.1, -0.05) is 11.6 Å². The van der Waals surface area contributed by atoms with Crippen LogP contribution in [0.5, 0.6) is 0 Å². The van der Waals surface area contributed by atoms with E-state index in [1.807, 2.05) is 6.07 Å². The van der Waals surface area contributed by atoms with Crippen LogP contribution in [0.3, 0.4) is 0 Å². The molecule has 0 atom stereocenters. The Hall–Kier alpha value is -1.27. The van der Waals surface area contributed by atoms with E-state index in [2.05, 4.69) is 5.32 Å². The average molecular weight is 213 g/mol. The summed E-state index contributed by atoms with van der Waals surface area (Å²) in [7, 11) is 0. The van der Waals surface area contributed by atoms with Crippen molar-refractivity contribution in [2.24, 2.45) is 0 Å². The summed E-state index contributed by atoms with van der Waals surface area (Å²) >= 11 is 5.59. The van der Waals surface area contributed by atoms with Crippen LogP contribution in [-0.4, -0.2) is 6.54 Å². The number of hydrogen-bond acceptors (Lipinski definition) is 2. The number of nitrogens with zero attached hydrogens (tertiary/aromatic N) is 1. The van der Waals surface area contributed by atoms with Crippen molar-refractivity contribution < 1.29 is 4.39 Å². The molecule has 0 saturated carbocycles. The molecule has 0 spiro atoms. The molecule has 0 aliphatic rings. The van der Waals surface area contributed by atoms with E-state index in [1.165, 1.54) is 12.1 Å². The van der Waals surface area contributed by atoms with Crippen LogP contribution in [0.25, 0.3) is 0 Å². The Morgan fingerprint density at radius 1 is 1.50 bits per heavy atom. The predicted molar refractivity (Wildman–Crippen MR) is 54.7 cm³/mol. The molecule has 0 heterocycles. The van der Waals surface area contributed by atoms with Crippen LogP contribution in [0.2, 0.25) is 5.02 Å². The quantitative estimate of drug-likeness (QED) is 0.778. The van der Waals surface area contributed by atoms with E-state index in [1.54, 1.807) is 6.07 Å². The molecule has 0 bridgehead atoms. The Morgan fingerprint density at radius 2 is 2.29 bits per heavy atom. The topological polar surface area (TPSA) is 35.8 Å². The molecule has 0 fully saturated rings. The van der Waals surface area contributed by atoms with Crippen molar-refractivity contribution in [2.45, 2.75) is 12.8 Å². The highest BCUT2D eigenvalue weighted by molar-refractivity contribution is 6.31. The number of hydrogen-bond donors (Lipinski definition) is 1. The highest BCUT2D eigenvalue weighted by Crippen LogP contribution is 2.19. The van der Waals surface area contributed by atoms with Crippen LogP contribution in [0, 0.1) is 17.1 Å². The van der Waals surface area contributed by atoms with Gasteiger partial charge in [0, 0.05) is 18.7 Å². The zero-order valence-corrected chi connectivity index (χ0v) is 8.31. The summed E-state index contributed by atoms with van der Waals surface area (Å²) in [6, 6.07) is 6.51. The number of rotatable bonds is 4. The minimum atomic E-state index is -0.422. The number of halogens is 2. The largest absolute Gasteiger partial charge is 0.385 e. The summed E-state index contributed by atoms with van der Waals surface area (Å²) in [4.78, 5) is 0. The summed E-state index contributed by atoms with van der Waals surface area (Å²) in [6.07, 6.45) is 1.29. The first kappa shape index (κ1) is 10.8. The van der Waals surface area contributed by atoms with E-state index >= 15 is 0 Å². The summed E-state index contributed by atoms with van der Waals surface area (Å²) in [5, 5.41) is 11.4. The Balaban J connectivity index is 2.44. The van der Waals surface area contributed by atoms with Gasteiger partial charge in [-0.3, -0.25) is 0 Å². The summed E-state index contributed by atoms with van der Waals surface area (Å²) in [5.41, 5.74) is 0.773. The maximum atomic E-state index is 12.7. The lowest BCUT2D eigenvalue weighted by atomic mass is 10.3. The average Bonchev–Trinajstić information content (AvgIpc) is 2.18. The summed E-state index contributed by atoms with van der Waals surface area (Å²) < 4.78 is 12.7. The van der Waals surface area contributed by atoms with Crippen molar-refractivity contribution in [3.63, 3.8) is 0 Å². The number of benzene rings is 1. The second-order valence-corrected chi connectivity index (χ2v) is 3.22. The molecular formula is C10H10ClFN2. The third-order valence-electron chi connectivity index (χ3n) is 1.71. The fraction of sp³-hybridized carbons (Fsp3) is 0.300. The van der Waals surface area contributed by atoms with Gasteiger partial charge < -0.3 is 5.32 Å². The van der Waals surface area contributed by atoms with Crippen molar-refractivity contribution in [3.8, 4) is 6.07 Å². The van der Waals surface area contributed by atoms with E-state index in [4.69, 9.17) is 16.9 Å². The normalized spacial score (nSPS) is 9.50. The van der Waals surface area contributed by atoms with Crippen LogP contribution < -0.4 is 5.32 Å². The van der Waals surface area contributed by atoms with Crippen molar-refractivity contribution in [3.05, 3.63) is 29.0 Å². The molecule has 1 aromatic carbocycles. The third kappa shape index (κ3) is 3.23. The van der Waals surface area contributed by atoms with Crippen molar-refractivity contribution in [1.29, 1.82) is 5.26 Å². The van der Waals surface area contributed by atoms with Gasteiger partial charge in [0.2, 0.25) is 0 Å². The monoisotopic (exact) mass is 212 g/mol. The number of nitriles is 1. The first-order chi connectivity index (χ1) is 6.74. The van der Waals surface area contributed by atoms with E-state index in [9.17, 15) is 4.39 Å². The lowest BCUT2D eigenvalue weighted by Crippen LogP contribution is -2.00. The fourth-order valence-corrected chi connectivity index (χ4v) is 1.19. The molecule has 4 heteroatoms. The second kappa shape index (κ2) is 5.46. The maximum absolute atomic E-state index is 12.7. The van der Waals surface area contributed by atoms with Gasteiger partial charge in [0.05, 0.1) is 11.1 Å². The molecular weight excluding hydrogens is 203 g/mol. The Bertz CT molecular complexity index is 346. The van der Waals surface area contributed by atoms with Crippen molar-refractivity contribution in [2.75, 3.05) is 11.9 Å². The molecule has 0 unspecified atom stereocenters. The first-order valence-electron chi connectivity index (χ1n) is 4.30. The molecule has 74 valence electrons. The van der Waals surface area contributed by atoms with Crippen molar-refractivity contribution >= 4 is 17.3 Å². The molecule has 0 radical (unpaired) electrons. The van der Waals surface area contributed by atoms with Gasteiger partial charge in [0.25, 0.3) is 0 Å². The van der Waals surface area contributed by atoms with E-state index in [-0.39, 0.29) is 5.02 Å². The van der Waals surface area contributed by atoms with Gasteiger partial charge in [-0.05, 0) is 24.6 Å². The van der Waals surface area contributed by atoms with E-state index in [0.29, 0.717) is 13.0 Å². The minimum Gasteiger partial charge on any atom is -0.385 e. The van der Waals surface area contributed by atoms with Gasteiger partial charge in [-0.2, -0.15) is 5.26 Å². The van der Waals surface area contributed by atoms with Crippen molar-refractivity contribution in [1.82, 2.24) is 0 Å². The molecule has 2 nitrogen and oxygen atoms in total. The summed E-state index contributed by atoms with van der Waals surface area (Å²) in [6.45, 7) is 0.690. The van der Waals surface area contributed by atoms with Gasteiger partial charge in [0.15, 0.2) is 0 Å². The Labute approximate surface area is 87.3 Å². The lowest BCUT2D eigenvalue weighted by Gasteiger charge is -2.05. The molecule has 0 amide bonds. The van der Waals surface area contributed by atoms with Gasteiger partial charge in [-0.25, -0.2) is 4.39 Å². The molecule has 0 aliphatic carbocycles. The molecule has 1 aromatic rings. The standard InChI is InChI=1S/C10H10ClFN2/c11-9-7-8(3-4-10(9)12)14-6-2-1-5-13/h3-4,7,14H,1-2,6H2. The van der Waals surface area contributed by atoms with E-state index < -0.39 is 5.82 Å². The maximum Gasteiger partial charge on any atom is 0.141 e. The molecule has 14 heavy (non-hydrogen) atoms.